The molecule has 1 aliphatic heterocycles. The van der Waals surface area contributed by atoms with Gasteiger partial charge in [0.1, 0.15) is 0 Å². The largest absolute Gasteiger partial charge is 0.320 e. The van der Waals surface area contributed by atoms with Crippen LogP contribution in [0.25, 0.3) is 0 Å². The normalized spacial score (nSPS) is 13.6. The van der Waals surface area contributed by atoms with Crippen LogP contribution in [0.4, 0.5) is 25.8 Å². The first kappa shape index (κ1) is 15.1. The Morgan fingerprint density at radius 3 is 2.50 bits per heavy atom. The van der Waals surface area contributed by atoms with E-state index >= 15 is 0 Å². The Morgan fingerprint density at radius 1 is 1.00 bits per heavy atom. The molecule has 6 heteroatoms. The minimum absolute atomic E-state index is 0.244. The molecule has 0 amide bonds. The molecule has 0 saturated carbocycles. The smallest absolute Gasteiger partial charge is 0.183 e. The molecular formula is C16H17F2N3S. The van der Waals surface area contributed by atoms with Gasteiger partial charge in [-0.1, -0.05) is 18.2 Å². The van der Waals surface area contributed by atoms with E-state index < -0.39 is 11.6 Å². The zero-order chi connectivity index (χ0) is 15.5. The van der Waals surface area contributed by atoms with Crippen LogP contribution in [0.3, 0.4) is 0 Å². The van der Waals surface area contributed by atoms with E-state index in [-0.39, 0.29) is 5.69 Å². The van der Waals surface area contributed by atoms with Crippen molar-refractivity contribution in [2.24, 2.45) is 0 Å². The molecule has 0 bridgehead atoms. The van der Waals surface area contributed by atoms with E-state index in [1.54, 1.807) is 10.4 Å². The summed E-state index contributed by atoms with van der Waals surface area (Å²) in [5.41, 5.74) is 2.14. The van der Waals surface area contributed by atoms with Crippen molar-refractivity contribution in [3.8, 4) is 0 Å². The number of rotatable bonds is 5. The molecular weight excluding hydrogens is 304 g/mol. The van der Waals surface area contributed by atoms with Crippen molar-refractivity contribution in [3.63, 3.8) is 0 Å². The molecule has 0 radical (unpaired) electrons. The summed E-state index contributed by atoms with van der Waals surface area (Å²) < 4.78 is 31.5. The number of nitrogens with one attached hydrogen (secondary N) is 1. The number of halogens is 2. The van der Waals surface area contributed by atoms with Crippen LogP contribution in [0.1, 0.15) is 6.42 Å². The topological polar surface area (TPSA) is 18.5 Å². The van der Waals surface area contributed by atoms with Crippen molar-refractivity contribution in [1.29, 1.82) is 0 Å². The molecule has 0 aromatic heterocycles. The number of hydrogen-bond acceptors (Lipinski definition) is 4. The van der Waals surface area contributed by atoms with E-state index in [1.807, 2.05) is 31.3 Å². The summed E-state index contributed by atoms with van der Waals surface area (Å²) in [6.45, 7) is 1.74. The average Bonchev–Trinajstić information content (AvgIpc) is 2.89. The number of benzene rings is 2. The average molecular weight is 321 g/mol. The summed E-state index contributed by atoms with van der Waals surface area (Å²) in [5.74, 6) is -1.65. The van der Waals surface area contributed by atoms with Gasteiger partial charge in [0.05, 0.1) is 29.2 Å². The lowest BCUT2D eigenvalue weighted by molar-refractivity contribution is 0.511. The van der Waals surface area contributed by atoms with Gasteiger partial charge < -0.3 is 5.32 Å². The second-order valence-electron chi connectivity index (χ2n) is 5.00. The minimum atomic E-state index is -0.829. The molecule has 1 N–H and O–H groups in total. The molecule has 116 valence electrons. The van der Waals surface area contributed by atoms with Crippen LogP contribution in [0.15, 0.2) is 42.5 Å². The van der Waals surface area contributed by atoms with Crippen molar-refractivity contribution in [3.05, 3.63) is 54.1 Å². The van der Waals surface area contributed by atoms with Gasteiger partial charge in [-0.25, -0.2) is 8.78 Å². The van der Waals surface area contributed by atoms with Crippen LogP contribution in [0.5, 0.6) is 0 Å². The van der Waals surface area contributed by atoms with E-state index in [9.17, 15) is 8.78 Å². The van der Waals surface area contributed by atoms with Gasteiger partial charge in [0, 0.05) is 6.54 Å². The quantitative estimate of drug-likeness (QED) is 0.660. The summed E-state index contributed by atoms with van der Waals surface area (Å²) >= 11 is 1.40. The standard InChI is InChI=1S/C16H17F2N3S/c1-19-10-5-11-20-13-7-2-3-8-14(13)21(22-20)15-9-4-6-12(17)16(15)18/h2-4,6-9,19H,5,10-11H2,1H3. The second-order valence-corrected chi connectivity index (χ2v) is 5.97. The Balaban J connectivity index is 1.92. The molecule has 3 nitrogen and oxygen atoms in total. The van der Waals surface area contributed by atoms with Crippen LogP contribution < -0.4 is 13.9 Å². The third-order valence-corrected chi connectivity index (χ3v) is 4.62. The van der Waals surface area contributed by atoms with Gasteiger partial charge in [0.2, 0.25) is 0 Å². The predicted molar refractivity (Wildman–Crippen MR) is 88.4 cm³/mol. The highest BCUT2D eigenvalue weighted by atomic mass is 32.2. The van der Waals surface area contributed by atoms with Crippen molar-refractivity contribution in [2.75, 3.05) is 28.7 Å². The van der Waals surface area contributed by atoms with Gasteiger partial charge in [-0.05, 0) is 44.3 Å². The fourth-order valence-corrected chi connectivity index (χ4v) is 3.54. The Bertz CT molecular complexity index is 666. The fraction of sp³-hybridized carbons (Fsp3) is 0.250. The molecule has 1 aliphatic rings. The first-order chi connectivity index (χ1) is 10.7. The summed E-state index contributed by atoms with van der Waals surface area (Å²) in [7, 11) is 1.92. The zero-order valence-corrected chi connectivity index (χ0v) is 13.0. The second kappa shape index (κ2) is 6.54. The van der Waals surface area contributed by atoms with Crippen LogP contribution >= 0.6 is 12.1 Å². The van der Waals surface area contributed by atoms with Gasteiger partial charge >= 0.3 is 0 Å². The van der Waals surface area contributed by atoms with Crippen molar-refractivity contribution < 1.29 is 8.78 Å². The summed E-state index contributed by atoms with van der Waals surface area (Å²) in [6, 6.07) is 12.0. The van der Waals surface area contributed by atoms with Gasteiger partial charge in [-0.15, -0.1) is 0 Å². The Hall–Kier alpha value is -1.79. The first-order valence-corrected chi connectivity index (χ1v) is 7.89. The van der Waals surface area contributed by atoms with Gasteiger partial charge in [0.25, 0.3) is 0 Å². The molecule has 0 unspecified atom stereocenters. The van der Waals surface area contributed by atoms with E-state index in [1.165, 1.54) is 18.2 Å². The van der Waals surface area contributed by atoms with Crippen LogP contribution in [0, 0.1) is 11.6 Å². The highest BCUT2D eigenvalue weighted by molar-refractivity contribution is 8.02. The minimum Gasteiger partial charge on any atom is -0.320 e. The lowest BCUT2D eigenvalue weighted by Gasteiger charge is -2.20. The summed E-state index contributed by atoms with van der Waals surface area (Å²) in [6.07, 6.45) is 0.970. The molecule has 22 heavy (non-hydrogen) atoms. The molecule has 0 spiro atoms. The van der Waals surface area contributed by atoms with Crippen LogP contribution in [-0.2, 0) is 0 Å². The molecule has 3 rings (SSSR count). The number of hydrogen-bond donors (Lipinski definition) is 1. The Kier molecular flexibility index (Phi) is 4.49. The van der Waals surface area contributed by atoms with Crippen molar-refractivity contribution in [1.82, 2.24) is 5.32 Å². The lowest BCUT2D eigenvalue weighted by Crippen LogP contribution is -2.19. The predicted octanol–water partition coefficient (Wildman–Crippen LogP) is 4.10. The van der Waals surface area contributed by atoms with Gasteiger partial charge in [0.15, 0.2) is 11.6 Å². The summed E-state index contributed by atoms with van der Waals surface area (Å²) in [5, 5.41) is 3.12. The van der Waals surface area contributed by atoms with E-state index in [0.29, 0.717) is 0 Å². The first-order valence-electron chi connectivity index (χ1n) is 7.16. The maximum absolute atomic E-state index is 14.1. The molecule has 0 atom stereocenters. The van der Waals surface area contributed by atoms with Gasteiger partial charge in [-0.3, -0.25) is 8.61 Å². The molecule has 2 aromatic rings. The van der Waals surface area contributed by atoms with Crippen LogP contribution in [-0.4, -0.2) is 20.1 Å². The third kappa shape index (κ3) is 2.76. The van der Waals surface area contributed by atoms with Crippen molar-refractivity contribution >= 4 is 29.2 Å². The fourth-order valence-electron chi connectivity index (χ4n) is 2.42. The number of anilines is 3. The Labute approximate surface area is 133 Å². The van der Waals surface area contributed by atoms with E-state index in [0.717, 1.165) is 37.0 Å². The highest BCUT2D eigenvalue weighted by Gasteiger charge is 2.30. The van der Waals surface area contributed by atoms with Crippen LogP contribution in [0.2, 0.25) is 0 Å². The maximum atomic E-state index is 14.1. The monoisotopic (exact) mass is 321 g/mol. The summed E-state index contributed by atoms with van der Waals surface area (Å²) in [4.78, 5) is 0. The molecule has 2 aromatic carbocycles. The highest BCUT2D eigenvalue weighted by Crippen LogP contribution is 2.49. The molecule has 1 heterocycles. The maximum Gasteiger partial charge on any atom is 0.183 e. The molecule has 0 aliphatic carbocycles. The van der Waals surface area contributed by atoms with Gasteiger partial charge in [-0.2, -0.15) is 0 Å². The number of nitrogens with zero attached hydrogens (tertiary/aromatic N) is 2. The SMILES string of the molecule is CNCCCN1SN(c2cccc(F)c2F)c2ccccc21. The molecule has 0 fully saturated rings. The Morgan fingerprint density at radius 2 is 1.73 bits per heavy atom. The third-order valence-electron chi connectivity index (χ3n) is 3.49. The van der Waals surface area contributed by atoms with Crippen molar-refractivity contribution in [2.45, 2.75) is 6.42 Å². The molecule has 0 saturated heterocycles. The zero-order valence-electron chi connectivity index (χ0n) is 12.2. The number of fused-ring (bicyclic) bond motifs is 1. The lowest BCUT2D eigenvalue weighted by atomic mass is 10.2. The van der Waals surface area contributed by atoms with E-state index in [4.69, 9.17) is 0 Å². The van der Waals surface area contributed by atoms with E-state index in [2.05, 4.69) is 9.62 Å². The number of para-hydroxylation sites is 2.